The van der Waals surface area contributed by atoms with Crippen molar-refractivity contribution in [3.8, 4) is 0 Å². The summed E-state index contributed by atoms with van der Waals surface area (Å²) in [5, 5.41) is 45.0. The fraction of sp³-hybridized carbons (Fsp3) is 0.680. The molecule has 1 aromatic rings. The zero-order chi connectivity index (χ0) is 59.0. The zero-order valence-electron chi connectivity index (χ0n) is 46.0. The van der Waals surface area contributed by atoms with Crippen LogP contribution in [0.1, 0.15) is 126 Å². The number of carboxylic acids is 4. The Kier molecular flexibility index (Phi) is 26.9. The van der Waals surface area contributed by atoms with Crippen LogP contribution >= 0.6 is 0 Å². The second-order valence-corrected chi connectivity index (χ2v) is 21.4. The van der Waals surface area contributed by atoms with Gasteiger partial charge in [0.15, 0.2) is 0 Å². The first-order chi connectivity index (χ1) is 36.2. The molecule has 0 bridgehead atoms. The normalized spacial score (nSPS) is 14.0. The lowest BCUT2D eigenvalue weighted by Gasteiger charge is -2.30. The summed E-state index contributed by atoms with van der Waals surface area (Å²) in [7, 11) is 0. The van der Waals surface area contributed by atoms with Crippen molar-refractivity contribution in [2.24, 2.45) is 4.99 Å². The summed E-state index contributed by atoms with van der Waals surface area (Å²) in [5.41, 5.74) is -2.58. The third kappa shape index (κ3) is 28.5. The second-order valence-electron chi connectivity index (χ2n) is 21.4. The van der Waals surface area contributed by atoms with Gasteiger partial charge in [-0.25, -0.2) is 24.4 Å². The van der Waals surface area contributed by atoms with Gasteiger partial charge >= 0.3 is 47.8 Å². The van der Waals surface area contributed by atoms with Gasteiger partial charge < -0.3 is 69.9 Å². The van der Waals surface area contributed by atoms with Crippen LogP contribution < -0.4 is 16.0 Å². The Bertz CT molecular complexity index is 2300. The van der Waals surface area contributed by atoms with E-state index in [1.807, 2.05) is 4.90 Å². The van der Waals surface area contributed by atoms with E-state index in [9.17, 15) is 73.2 Å². The van der Waals surface area contributed by atoms with Crippen LogP contribution in [0.5, 0.6) is 0 Å². The first-order valence-corrected chi connectivity index (χ1v) is 25.4. The molecule has 5 amide bonds. The predicted octanol–water partition coefficient (Wildman–Crippen LogP) is 1.19. The van der Waals surface area contributed by atoms with Crippen LogP contribution in [0.2, 0.25) is 0 Å². The number of hydrogen-bond acceptors (Lipinski definition) is 18. The van der Waals surface area contributed by atoms with Crippen molar-refractivity contribution in [2.75, 3.05) is 52.4 Å². The first-order valence-electron chi connectivity index (χ1n) is 25.4. The molecule has 78 heavy (non-hydrogen) atoms. The number of carbonyl (C=O) groups excluding carboxylic acids is 7. The third-order valence-corrected chi connectivity index (χ3v) is 10.7. The van der Waals surface area contributed by atoms with E-state index in [2.05, 4.69) is 31.8 Å². The highest BCUT2D eigenvalue weighted by molar-refractivity contribution is 5.88. The molecule has 0 aliphatic carbocycles. The van der Waals surface area contributed by atoms with Gasteiger partial charge in [-0.05, 0) is 107 Å². The van der Waals surface area contributed by atoms with Gasteiger partial charge in [-0.2, -0.15) is 0 Å². The van der Waals surface area contributed by atoms with E-state index in [0.717, 1.165) is 0 Å². The number of rotatable bonds is 34. The molecule has 0 spiro atoms. The number of aromatic nitrogens is 2. The highest BCUT2D eigenvalue weighted by atomic mass is 16.6. The van der Waals surface area contributed by atoms with E-state index >= 15 is 0 Å². The molecule has 1 aliphatic heterocycles. The van der Waals surface area contributed by atoms with Gasteiger partial charge in [-0.15, -0.1) is 0 Å². The molecular weight excluding hydrogens is 1030 g/mol. The molecule has 28 nitrogen and oxygen atoms in total. The molecule has 1 aromatic heterocycles. The fourth-order valence-corrected chi connectivity index (χ4v) is 7.42. The van der Waals surface area contributed by atoms with Gasteiger partial charge in [0, 0.05) is 44.2 Å². The number of carbonyl (C=O) groups is 11. The van der Waals surface area contributed by atoms with E-state index in [1.165, 1.54) is 28.1 Å². The Morgan fingerprint density at radius 2 is 1.17 bits per heavy atom. The maximum Gasteiger partial charge on any atom is 0.329 e. The number of esters is 3. The third-order valence-electron chi connectivity index (χ3n) is 10.7. The van der Waals surface area contributed by atoms with Gasteiger partial charge in [0.05, 0.1) is 19.3 Å². The molecule has 7 N–H and O–H groups in total. The van der Waals surface area contributed by atoms with Crippen LogP contribution in [0.15, 0.2) is 23.6 Å². The molecule has 3 atom stereocenters. The molecule has 0 fully saturated rings. The number of urea groups is 1. The van der Waals surface area contributed by atoms with E-state index in [1.54, 1.807) is 62.3 Å². The largest absolute Gasteiger partial charge is 0.480 e. The van der Waals surface area contributed by atoms with Crippen molar-refractivity contribution >= 4 is 71.4 Å². The molecule has 0 saturated heterocycles. The Labute approximate surface area is 452 Å². The average molecular weight is 1110 g/mol. The molecular formula is C50H78N10O18. The minimum atomic E-state index is -1.41. The molecule has 2 rings (SSSR count). The van der Waals surface area contributed by atoms with Crippen molar-refractivity contribution in [2.45, 2.75) is 168 Å². The summed E-state index contributed by atoms with van der Waals surface area (Å²) in [6.45, 7) is 11.5. The number of nitrogens with one attached hydrogen (secondary N) is 3. The fourth-order valence-electron chi connectivity index (χ4n) is 7.42. The predicted molar refractivity (Wildman–Crippen MR) is 275 cm³/mol. The van der Waals surface area contributed by atoms with Gasteiger partial charge in [-0.1, -0.05) is 6.42 Å². The second kappa shape index (κ2) is 31.6. The molecule has 0 radical (unpaired) electrons. The Morgan fingerprint density at radius 3 is 1.68 bits per heavy atom. The van der Waals surface area contributed by atoms with Crippen molar-refractivity contribution < 1.29 is 87.4 Å². The van der Waals surface area contributed by atoms with Gasteiger partial charge in [0.1, 0.15) is 73.6 Å². The number of imidazole rings is 1. The van der Waals surface area contributed by atoms with E-state index in [4.69, 9.17) is 14.2 Å². The van der Waals surface area contributed by atoms with Gasteiger partial charge in [-0.3, -0.25) is 43.3 Å². The Hall–Kier alpha value is -7.61. The van der Waals surface area contributed by atoms with Crippen LogP contribution in [0.3, 0.4) is 0 Å². The highest BCUT2D eigenvalue weighted by Crippen LogP contribution is 2.17. The average Bonchev–Trinajstić information content (AvgIpc) is 3.91. The van der Waals surface area contributed by atoms with Crippen molar-refractivity contribution in [1.82, 2.24) is 45.1 Å². The number of aliphatic carboxylic acids is 4. The summed E-state index contributed by atoms with van der Waals surface area (Å²) >= 11 is 0. The molecule has 0 aromatic carbocycles. The number of aliphatic imine (C=N–C) groups is 1. The summed E-state index contributed by atoms with van der Waals surface area (Å²) in [4.78, 5) is 150. The van der Waals surface area contributed by atoms with Crippen LogP contribution in [-0.2, 0) is 75.2 Å². The molecule has 2 heterocycles. The van der Waals surface area contributed by atoms with Crippen molar-refractivity contribution in [3.63, 3.8) is 0 Å². The number of carboxylic acid groups (broad SMARTS) is 4. The number of hydrogen-bond donors (Lipinski definition) is 7. The summed E-state index contributed by atoms with van der Waals surface area (Å²) in [6.07, 6.45) is 5.67. The number of unbranched alkanes of at least 4 members (excludes halogenated alkanes) is 3. The number of nitrogens with zero attached hydrogens (tertiary/aromatic N) is 7. The molecule has 1 aliphatic rings. The van der Waals surface area contributed by atoms with E-state index in [-0.39, 0.29) is 51.2 Å². The Balaban J connectivity index is 2.09. The molecule has 0 saturated carbocycles. The molecule has 1 unspecified atom stereocenters. The lowest BCUT2D eigenvalue weighted by atomic mass is 10.1. The van der Waals surface area contributed by atoms with E-state index in [0.29, 0.717) is 54.3 Å². The van der Waals surface area contributed by atoms with Crippen LogP contribution in [0.4, 0.5) is 4.79 Å². The first kappa shape index (κ1) is 66.5. The number of amides is 5. The lowest BCUT2D eigenvalue weighted by Crippen LogP contribution is -2.53. The monoisotopic (exact) mass is 1110 g/mol. The van der Waals surface area contributed by atoms with Crippen LogP contribution in [0, 0.1) is 0 Å². The molecule has 28 heteroatoms. The van der Waals surface area contributed by atoms with Crippen molar-refractivity contribution in [3.05, 3.63) is 24.4 Å². The van der Waals surface area contributed by atoms with Crippen LogP contribution in [0.25, 0.3) is 0 Å². The zero-order valence-corrected chi connectivity index (χ0v) is 46.0. The minimum Gasteiger partial charge on any atom is -0.480 e. The summed E-state index contributed by atoms with van der Waals surface area (Å²) in [6, 6.07) is -3.28. The quantitative estimate of drug-likeness (QED) is 0.0289. The SMILES string of the molecule is CC(C)(C)OC(=O)CC[C@H](NC(=O)N[C@@H](CCCCNC(=O)CCCCCN(Cc1nccn1CC(=O)N(CC(=O)O)CC(=O)O)CC1N=C=CN1CC(=O)N(CC(=O)O)CC(=O)O)C(=O)OC(C)(C)C)C(=O)OC(C)(C)C. The molecule has 436 valence electrons. The minimum absolute atomic E-state index is 0.0635. The summed E-state index contributed by atoms with van der Waals surface area (Å²) < 4.78 is 17.8. The lowest BCUT2D eigenvalue weighted by molar-refractivity contribution is -0.159. The Morgan fingerprint density at radius 1 is 0.654 bits per heavy atom. The van der Waals surface area contributed by atoms with E-state index < -0.39 is 134 Å². The van der Waals surface area contributed by atoms with Crippen molar-refractivity contribution in [1.29, 1.82) is 0 Å². The topological polar surface area (TPSA) is 376 Å². The van der Waals surface area contributed by atoms with Gasteiger partial charge in [0.2, 0.25) is 17.7 Å². The highest BCUT2D eigenvalue weighted by Gasteiger charge is 2.33. The smallest absolute Gasteiger partial charge is 0.329 e. The maximum absolute atomic E-state index is 13.3. The number of ether oxygens (including phenoxy) is 3. The van der Waals surface area contributed by atoms with Gasteiger partial charge in [0.25, 0.3) is 0 Å². The maximum atomic E-state index is 13.3. The summed E-state index contributed by atoms with van der Waals surface area (Å²) in [5.74, 6) is -6.58. The van der Waals surface area contributed by atoms with Crippen LogP contribution in [-0.4, -0.2) is 208 Å². The standard InChI is InChI=1S/C50H78N10O18/c1-48(2,3)76-44(72)18-17-34(46(74)78-50(7,8)9)55-47(75)54-33(45(73)77-49(4,5)6)15-12-13-19-53-37(61)16-11-10-14-22-56(25-35-51-20-23-57(35)27-38(62)59(29-40(64)65)30-41(66)67)26-36-52-21-24-58(36)28-39(63)60(31-42(68)69)32-43(70)71/h20,23-24,33-34,36H,10-19,22,25-32H2,1-9H3,(H,53,61)(H,64,65)(H,66,67)(H,68,69)(H,70,71)(H2,54,55,75)/t33-,34-,36?/m0/s1.